The molecule has 2 fully saturated rings. The van der Waals surface area contributed by atoms with E-state index in [9.17, 15) is 0 Å². The zero-order valence-electron chi connectivity index (χ0n) is 16.3. The Bertz CT molecular complexity index is 323. The molecule has 138 valence electrons. The maximum absolute atomic E-state index is 5.80. The molecule has 2 unspecified atom stereocenters. The molecule has 1 heterocycles. The van der Waals surface area contributed by atoms with E-state index in [4.69, 9.17) is 9.73 Å². The van der Waals surface area contributed by atoms with Gasteiger partial charge in [0.25, 0.3) is 0 Å². The van der Waals surface area contributed by atoms with Gasteiger partial charge in [-0.2, -0.15) is 0 Å². The normalized spacial score (nSPS) is 29.0. The molecule has 3 aliphatic rings. The number of nitrogens with zero attached hydrogens (tertiary/aromatic N) is 1. The second kappa shape index (κ2) is 11.5. The fraction of sp³-hybridized carbons (Fsp3) is 0.850. The largest absolute Gasteiger partial charge is 2.00 e. The molecule has 3 rings (SSSR count). The summed E-state index contributed by atoms with van der Waals surface area (Å²) in [6.45, 7) is 9.85. The Balaban J connectivity index is 0. The van der Waals surface area contributed by atoms with Crippen molar-refractivity contribution < 1.29 is 21.8 Å². The van der Waals surface area contributed by atoms with Crippen molar-refractivity contribution in [2.45, 2.75) is 85.1 Å². The van der Waals surface area contributed by atoms with E-state index >= 15 is 0 Å². The van der Waals surface area contributed by atoms with Crippen LogP contribution in [0.1, 0.15) is 79.1 Å². The summed E-state index contributed by atoms with van der Waals surface area (Å²) in [6, 6.07) is 0.361. The summed E-state index contributed by atoms with van der Waals surface area (Å²) in [5, 5.41) is 0. The molecule has 2 aliphatic carbocycles. The van der Waals surface area contributed by atoms with Crippen LogP contribution in [0, 0.1) is 32.1 Å². The molecule has 0 radical (unpaired) electrons. The monoisotopic (exact) mass is 365 g/mol. The molecule has 1 aliphatic heterocycles. The standard InChI is InChI=1S/C13H23NO.C5H10.2CH3.Fe/c1-9-6-5-7-10(9)12-14-11(8-15-12)13(2,3)4;1-2-4-5-3-1;;;/h9-11H,5-8H2,1-4H3;1-5H2;2*1H3;/q;;2*-1;+2/t9?,10?,11-;;;;/m0..../s1. The van der Waals surface area contributed by atoms with Gasteiger partial charge in [0, 0.05) is 5.92 Å². The summed E-state index contributed by atoms with van der Waals surface area (Å²) in [4.78, 5) is 4.79. The molecule has 23 heavy (non-hydrogen) atoms. The van der Waals surface area contributed by atoms with Crippen LogP contribution < -0.4 is 0 Å². The minimum Gasteiger partial charge on any atom is -0.478 e. The van der Waals surface area contributed by atoms with E-state index in [-0.39, 0.29) is 37.3 Å². The van der Waals surface area contributed by atoms with Gasteiger partial charge in [0.1, 0.15) is 6.61 Å². The van der Waals surface area contributed by atoms with Crippen LogP contribution in [-0.4, -0.2) is 18.5 Å². The number of rotatable bonds is 1. The van der Waals surface area contributed by atoms with E-state index in [1.807, 2.05) is 0 Å². The summed E-state index contributed by atoms with van der Waals surface area (Å²) in [5.74, 6) is 2.43. The Labute approximate surface area is 156 Å². The van der Waals surface area contributed by atoms with Crippen LogP contribution in [0.2, 0.25) is 0 Å². The van der Waals surface area contributed by atoms with E-state index in [0.29, 0.717) is 12.0 Å². The first-order valence-electron chi connectivity index (χ1n) is 8.69. The van der Waals surface area contributed by atoms with Crippen molar-refractivity contribution in [3.05, 3.63) is 14.9 Å². The Morgan fingerprint density at radius 2 is 1.43 bits per heavy atom. The molecule has 0 aromatic rings. The predicted octanol–water partition coefficient (Wildman–Crippen LogP) is 6.11. The first kappa shape index (κ1) is 25.2. The van der Waals surface area contributed by atoms with Gasteiger partial charge in [-0.05, 0) is 24.2 Å². The van der Waals surface area contributed by atoms with Crippen molar-refractivity contribution in [1.82, 2.24) is 0 Å². The predicted molar refractivity (Wildman–Crippen MR) is 99.0 cm³/mol. The first-order valence-corrected chi connectivity index (χ1v) is 8.69. The van der Waals surface area contributed by atoms with Crippen LogP contribution in [0.5, 0.6) is 0 Å². The molecule has 3 heteroatoms. The van der Waals surface area contributed by atoms with Crippen LogP contribution in [0.3, 0.4) is 0 Å². The summed E-state index contributed by atoms with van der Waals surface area (Å²) in [6.07, 6.45) is 11.5. The molecule has 0 amide bonds. The van der Waals surface area contributed by atoms with E-state index in [0.717, 1.165) is 18.4 Å². The molecule has 0 bridgehead atoms. The Morgan fingerprint density at radius 3 is 1.78 bits per heavy atom. The van der Waals surface area contributed by atoms with E-state index in [2.05, 4.69) is 27.7 Å². The average Bonchev–Trinajstić information content (AvgIpc) is 3.11. The Kier molecular flexibility index (Phi) is 12.6. The molecule has 2 nitrogen and oxygen atoms in total. The van der Waals surface area contributed by atoms with Gasteiger partial charge in [0.05, 0.1) is 6.04 Å². The van der Waals surface area contributed by atoms with Crippen LogP contribution in [-0.2, 0) is 21.8 Å². The topological polar surface area (TPSA) is 21.6 Å². The van der Waals surface area contributed by atoms with Gasteiger partial charge in [0.15, 0.2) is 5.90 Å². The van der Waals surface area contributed by atoms with Crippen molar-refractivity contribution in [3.63, 3.8) is 0 Å². The third-order valence-corrected chi connectivity index (χ3v) is 5.10. The Morgan fingerprint density at radius 1 is 0.913 bits per heavy atom. The van der Waals surface area contributed by atoms with Crippen molar-refractivity contribution in [1.29, 1.82) is 0 Å². The van der Waals surface area contributed by atoms with Crippen molar-refractivity contribution >= 4 is 5.90 Å². The van der Waals surface area contributed by atoms with Gasteiger partial charge in [0.2, 0.25) is 0 Å². The minimum absolute atomic E-state index is 0. The summed E-state index contributed by atoms with van der Waals surface area (Å²) < 4.78 is 5.80. The summed E-state index contributed by atoms with van der Waals surface area (Å²) >= 11 is 0. The molecule has 3 atom stereocenters. The van der Waals surface area contributed by atoms with Gasteiger partial charge in [-0.1, -0.05) is 66.2 Å². The zero-order chi connectivity index (χ0) is 14.6. The number of ether oxygens (including phenoxy) is 1. The van der Waals surface area contributed by atoms with Crippen LogP contribution in [0.25, 0.3) is 0 Å². The fourth-order valence-electron chi connectivity index (χ4n) is 3.44. The number of hydrogen-bond acceptors (Lipinski definition) is 2. The van der Waals surface area contributed by atoms with Crippen LogP contribution >= 0.6 is 0 Å². The molecule has 0 spiro atoms. The van der Waals surface area contributed by atoms with Crippen molar-refractivity contribution in [2.24, 2.45) is 22.2 Å². The van der Waals surface area contributed by atoms with Crippen LogP contribution in [0.4, 0.5) is 0 Å². The molecule has 0 N–H and O–H groups in total. The summed E-state index contributed by atoms with van der Waals surface area (Å²) in [5.41, 5.74) is 0.240. The molecule has 2 saturated carbocycles. The number of hydrogen-bond donors (Lipinski definition) is 0. The van der Waals surface area contributed by atoms with E-state index in [1.165, 1.54) is 51.4 Å². The zero-order valence-corrected chi connectivity index (χ0v) is 17.4. The quantitative estimate of drug-likeness (QED) is 0.405. The molecular weight excluding hydrogens is 326 g/mol. The van der Waals surface area contributed by atoms with E-state index < -0.39 is 0 Å². The van der Waals surface area contributed by atoms with E-state index in [1.54, 1.807) is 0 Å². The molecule has 0 aromatic heterocycles. The van der Waals surface area contributed by atoms with Gasteiger partial charge < -0.3 is 19.6 Å². The van der Waals surface area contributed by atoms with Crippen molar-refractivity contribution in [3.8, 4) is 0 Å². The molecule has 0 saturated heterocycles. The maximum Gasteiger partial charge on any atom is 2.00 e. The van der Waals surface area contributed by atoms with Crippen molar-refractivity contribution in [2.75, 3.05) is 6.61 Å². The van der Waals surface area contributed by atoms with Gasteiger partial charge >= 0.3 is 17.1 Å². The number of aliphatic imine (C=N–C) groups is 1. The van der Waals surface area contributed by atoms with Gasteiger partial charge in [-0.3, -0.25) is 0 Å². The minimum atomic E-state index is 0. The van der Waals surface area contributed by atoms with Crippen LogP contribution in [0.15, 0.2) is 4.99 Å². The second-order valence-corrected chi connectivity index (χ2v) is 7.94. The summed E-state index contributed by atoms with van der Waals surface area (Å²) in [7, 11) is 0. The second-order valence-electron chi connectivity index (χ2n) is 7.94. The third-order valence-electron chi connectivity index (χ3n) is 5.10. The van der Waals surface area contributed by atoms with Gasteiger partial charge in [-0.25, -0.2) is 4.99 Å². The smallest absolute Gasteiger partial charge is 0.478 e. The fourth-order valence-corrected chi connectivity index (χ4v) is 3.44. The first-order chi connectivity index (χ1) is 9.48. The molecule has 0 aromatic carbocycles. The van der Waals surface area contributed by atoms with Gasteiger partial charge in [-0.15, -0.1) is 0 Å². The Hall–Kier alpha value is -0.0105. The third kappa shape index (κ3) is 7.61. The maximum atomic E-state index is 5.80. The SMILES string of the molecule is C1CCCC1.CC1CCCC1C1=N[C@H](C(C)(C)C)CO1.[CH3-].[CH3-].[Fe+2]. The molecular formula is C20H39FeNO. The average molecular weight is 365 g/mol.